The van der Waals surface area contributed by atoms with Gasteiger partial charge in [0.05, 0.1) is 11.8 Å². The molecule has 1 aliphatic rings. The van der Waals surface area contributed by atoms with E-state index in [0.29, 0.717) is 29.5 Å². The largest absolute Gasteiger partial charge is 0.328 e. The van der Waals surface area contributed by atoms with Gasteiger partial charge in [0.2, 0.25) is 5.91 Å². The number of anilines is 1. The molecule has 9 heteroatoms. The molecule has 2 aromatic carbocycles. The van der Waals surface area contributed by atoms with Crippen molar-refractivity contribution in [2.75, 3.05) is 17.6 Å². The molecule has 1 aliphatic heterocycles. The van der Waals surface area contributed by atoms with E-state index in [0.717, 1.165) is 29.8 Å². The van der Waals surface area contributed by atoms with E-state index < -0.39 is 5.82 Å². The number of halogens is 1. The minimum absolute atomic E-state index is 0.00722. The van der Waals surface area contributed by atoms with E-state index in [1.54, 1.807) is 6.07 Å². The SMILES string of the molecule is CCn1c(SCC(=O)Nc2cc(F)ccc2C)nnc1C1CCCN1C(=O)c1ccc(C)cc1. The fourth-order valence-electron chi connectivity index (χ4n) is 4.14. The van der Waals surface area contributed by atoms with Gasteiger partial charge in [-0.05, 0) is 63.4 Å². The molecule has 2 amide bonds. The number of hydrogen-bond acceptors (Lipinski definition) is 5. The molecule has 178 valence electrons. The second-order valence-electron chi connectivity index (χ2n) is 8.40. The van der Waals surface area contributed by atoms with Crippen LogP contribution >= 0.6 is 11.8 Å². The molecule has 1 aromatic heterocycles. The van der Waals surface area contributed by atoms with E-state index in [9.17, 15) is 14.0 Å². The lowest BCUT2D eigenvalue weighted by atomic mass is 10.1. The first kappa shape index (κ1) is 23.9. The summed E-state index contributed by atoms with van der Waals surface area (Å²) in [6.07, 6.45) is 1.72. The van der Waals surface area contributed by atoms with Crippen LogP contribution in [0.2, 0.25) is 0 Å². The van der Waals surface area contributed by atoms with Crippen molar-refractivity contribution in [3.8, 4) is 0 Å². The van der Waals surface area contributed by atoms with Crippen molar-refractivity contribution in [1.29, 1.82) is 0 Å². The van der Waals surface area contributed by atoms with Gasteiger partial charge in [0.1, 0.15) is 5.82 Å². The molecule has 0 aliphatic carbocycles. The Morgan fingerprint density at radius 1 is 1.15 bits per heavy atom. The van der Waals surface area contributed by atoms with Gasteiger partial charge in [-0.25, -0.2) is 4.39 Å². The molecule has 0 bridgehead atoms. The third-order valence-electron chi connectivity index (χ3n) is 5.98. The average Bonchev–Trinajstić information content (AvgIpc) is 3.46. The molecule has 0 spiro atoms. The molecule has 0 radical (unpaired) electrons. The summed E-state index contributed by atoms with van der Waals surface area (Å²) in [6, 6.07) is 11.7. The highest BCUT2D eigenvalue weighted by atomic mass is 32.2. The summed E-state index contributed by atoms with van der Waals surface area (Å²) >= 11 is 1.28. The molecule has 2 heterocycles. The van der Waals surface area contributed by atoms with Crippen LogP contribution in [0.25, 0.3) is 0 Å². The van der Waals surface area contributed by atoms with Crippen molar-refractivity contribution in [1.82, 2.24) is 19.7 Å². The first-order valence-corrected chi connectivity index (χ1v) is 12.4. The van der Waals surface area contributed by atoms with Gasteiger partial charge < -0.3 is 14.8 Å². The lowest BCUT2D eigenvalue weighted by Crippen LogP contribution is -2.32. The van der Waals surface area contributed by atoms with E-state index in [2.05, 4.69) is 15.5 Å². The molecule has 1 fully saturated rings. The van der Waals surface area contributed by atoms with E-state index in [1.807, 2.05) is 54.5 Å². The maximum absolute atomic E-state index is 13.5. The Morgan fingerprint density at radius 3 is 2.65 bits per heavy atom. The molecule has 1 saturated heterocycles. The Balaban J connectivity index is 1.46. The zero-order chi connectivity index (χ0) is 24.2. The van der Waals surface area contributed by atoms with Crippen LogP contribution in [0.4, 0.5) is 10.1 Å². The van der Waals surface area contributed by atoms with E-state index in [1.165, 1.54) is 23.9 Å². The van der Waals surface area contributed by atoms with Gasteiger partial charge in [-0.1, -0.05) is 35.5 Å². The highest BCUT2D eigenvalue weighted by Gasteiger charge is 2.34. The quantitative estimate of drug-likeness (QED) is 0.492. The van der Waals surface area contributed by atoms with E-state index in [-0.39, 0.29) is 23.6 Å². The van der Waals surface area contributed by atoms with Gasteiger partial charge in [-0.2, -0.15) is 0 Å². The van der Waals surface area contributed by atoms with Crippen LogP contribution in [-0.2, 0) is 11.3 Å². The minimum atomic E-state index is -0.398. The first-order chi connectivity index (χ1) is 16.4. The zero-order valence-corrected chi connectivity index (χ0v) is 20.4. The number of benzene rings is 2. The Morgan fingerprint density at radius 2 is 1.91 bits per heavy atom. The summed E-state index contributed by atoms with van der Waals surface area (Å²) in [4.78, 5) is 27.5. The highest BCUT2D eigenvalue weighted by molar-refractivity contribution is 7.99. The molecule has 1 unspecified atom stereocenters. The maximum atomic E-state index is 13.5. The smallest absolute Gasteiger partial charge is 0.254 e. The van der Waals surface area contributed by atoms with Gasteiger partial charge >= 0.3 is 0 Å². The number of carbonyl (C=O) groups is 2. The Labute approximate surface area is 202 Å². The number of aryl methyl sites for hydroxylation is 2. The van der Waals surface area contributed by atoms with Gasteiger partial charge in [-0.15, -0.1) is 10.2 Å². The van der Waals surface area contributed by atoms with Gasteiger partial charge in [0.25, 0.3) is 5.91 Å². The van der Waals surface area contributed by atoms with Crippen molar-refractivity contribution in [3.63, 3.8) is 0 Å². The van der Waals surface area contributed by atoms with Crippen LogP contribution in [0.15, 0.2) is 47.6 Å². The predicted octanol–water partition coefficient (Wildman–Crippen LogP) is 4.76. The van der Waals surface area contributed by atoms with Crippen LogP contribution in [-0.4, -0.2) is 43.8 Å². The monoisotopic (exact) mass is 481 g/mol. The number of amides is 2. The normalized spacial score (nSPS) is 15.5. The van der Waals surface area contributed by atoms with Crippen LogP contribution in [0, 0.1) is 19.7 Å². The van der Waals surface area contributed by atoms with Crippen LogP contribution in [0.5, 0.6) is 0 Å². The molecular formula is C25H28FN5O2S. The number of nitrogens with one attached hydrogen (secondary N) is 1. The molecule has 0 saturated carbocycles. The Kier molecular flexibility index (Phi) is 7.31. The number of nitrogens with zero attached hydrogens (tertiary/aromatic N) is 4. The summed E-state index contributed by atoms with van der Waals surface area (Å²) in [5.41, 5.74) is 3.02. The first-order valence-electron chi connectivity index (χ1n) is 11.4. The molecule has 3 aromatic rings. The van der Waals surface area contributed by atoms with Crippen LogP contribution in [0.1, 0.15) is 53.1 Å². The summed E-state index contributed by atoms with van der Waals surface area (Å²) in [6.45, 7) is 7.10. The summed E-state index contributed by atoms with van der Waals surface area (Å²) in [5, 5.41) is 12.1. The number of likely N-dealkylation sites (tertiary alicyclic amines) is 1. The zero-order valence-electron chi connectivity index (χ0n) is 19.5. The Bertz CT molecular complexity index is 1190. The molecular weight excluding hydrogens is 453 g/mol. The van der Waals surface area contributed by atoms with E-state index >= 15 is 0 Å². The van der Waals surface area contributed by atoms with E-state index in [4.69, 9.17) is 0 Å². The number of carbonyl (C=O) groups excluding carboxylic acids is 2. The maximum Gasteiger partial charge on any atom is 0.254 e. The number of thioether (sulfide) groups is 1. The number of rotatable bonds is 7. The Hall–Kier alpha value is -3.20. The van der Waals surface area contributed by atoms with Gasteiger partial charge in [0, 0.05) is 24.3 Å². The topological polar surface area (TPSA) is 80.1 Å². The summed E-state index contributed by atoms with van der Waals surface area (Å²) in [5.74, 6) is 0.204. The standard InChI is InChI=1S/C25H28FN5O2S/c1-4-30-23(21-6-5-13-31(21)24(33)18-10-7-16(2)8-11-18)28-29-25(30)34-15-22(32)27-20-14-19(26)12-9-17(20)3/h7-12,14,21H,4-6,13,15H2,1-3H3,(H,27,32). The van der Waals surface area contributed by atoms with Crippen molar-refractivity contribution >= 4 is 29.3 Å². The predicted molar refractivity (Wildman–Crippen MR) is 130 cm³/mol. The van der Waals surface area contributed by atoms with Gasteiger partial charge in [0.15, 0.2) is 11.0 Å². The highest BCUT2D eigenvalue weighted by Crippen LogP contribution is 2.34. The lowest BCUT2D eigenvalue weighted by molar-refractivity contribution is -0.113. The second-order valence-corrected chi connectivity index (χ2v) is 9.35. The lowest BCUT2D eigenvalue weighted by Gasteiger charge is -2.24. The molecule has 1 N–H and O–H groups in total. The van der Waals surface area contributed by atoms with Crippen molar-refractivity contribution in [2.45, 2.75) is 51.4 Å². The summed E-state index contributed by atoms with van der Waals surface area (Å²) < 4.78 is 15.5. The number of aromatic nitrogens is 3. The summed E-state index contributed by atoms with van der Waals surface area (Å²) in [7, 11) is 0. The molecule has 1 atom stereocenters. The van der Waals surface area contributed by atoms with Crippen molar-refractivity contribution in [2.24, 2.45) is 0 Å². The van der Waals surface area contributed by atoms with Crippen molar-refractivity contribution in [3.05, 3.63) is 70.8 Å². The third kappa shape index (κ3) is 5.14. The minimum Gasteiger partial charge on any atom is -0.328 e. The molecule has 4 rings (SSSR count). The van der Waals surface area contributed by atoms with Crippen LogP contribution in [0.3, 0.4) is 0 Å². The van der Waals surface area contributed by atoms with Crippen molar-refractivity contribution < 1.29 is 14.0 Å². The second kappa shape index (κ2) is 10.4. The van der Waals surface area contributed by atoms with Gasteiger partial charge in [-0.3, -0.25) is 9.59 Å². The number of hydrogen-bond donors (Lipinski definition) is 1. The fraction of sp³-hybridized carbons (Fsp3) is 0.360. The average molecular weight is 482 g/mol. The fourth-order valence-corrected chi connectivity index (χ4v) is 4.95. The molecule has 34 heavy (non-hydrogen) atoms. The molecule has 7 nitrogen and oxygen atoms in total. The van der Waals surface area contributed by atoms with Crippen LogP contribution < -0.4 is 5.32 Å². The third-order valence-corrected chi connectivity index (χ3v) is 6.94.